The second kappa shape index (κ2) is 3.66. The highest BCUT2D eigenvalue weighted by Crippen LogP contribution is 2.43. The Morgan fingerprint density at radius 3 is 2.38 bits per heavy atom. The third kappa shape index (κ3) is 1.85. The Kier molecular flexibility index (Phi) is 2.96. The van der Waals surface area contributed by atoms with Gasteiger partial charge in [0.2, 0.25) is 0 Å². The largest absolute Gasteiger partial charge is 0.468 e. The molecule has 1 aliphatic rings. The molecule has 0 bridgehead atoms. The summed E-state index contributed by atoms with van der Waals surface area (Å²) in [6.45, 7) is 4.11. The van der Waals surface area contributed by atoms with Crippen molar-refractivity contribution in [1.82, 2.24) is 0 Å². The molecule has 1 rings (SSSR count). The van der Waals surface area contributed by atoms with Gasteiger partial charge in [-0.2, -0.15) is 0 Å². The smallest absolute Gasteiger partial charge is 0.323 e. The van der Waals surface area contributed by atoms with Gasteiger partial charge >= 0.3 is 5.97 Å². The fourth-order valence-electron chi connectivity index (χ4n) is 1.84. The van der Waals surface area contributed by atoms with E-state index >= 15 is 0 Å². The highest BCUT2D eigenvalue weighted by atomic mass is 16.5. The molecule has 0 aliphatic heterocycles. The number of carbonyl (C=O) groups excluding carboxylic acids is 1. The molecule has 0 aromatic rings. The first-order chi connectivity index (χ1) is 6.00. The molecule has 0 heterocycles. The molecular weight excluding hydrogens is 166 g/mol. The van der Waals surface area contributed by atoms with Gasteiger partial charge < -0.3 is 10.5 Å². The second-order valence-corrected chi connectivity index (χ2v) is 4.45. The number of hydrogen-bond donors (Lipinski definition) is 1. The molecule has 0 aromatic carbocycles. The van der Waals surface area contributed by atoms with Gasteiger partial charge in [0.1, 0.15) is 6.04 Å². The highest BCUT2D eigenvalue weighted by molar-refractivity contribution is 5.76. The van der Waals surface area contributed by atoms with Gasteiger partial charge in [-0.05, 0) is 24.2 Å². The molecule has 1 aliphatic carbocycles. The quantitative estimate of drug-likeness (QED) is 0.674. The van der Waals surface area contributed by atoms with Crippen LogP contribution in [-0.2, 0) is 9.53 Å². The van der Waals surface area contributed by atoms with Crippen LogP contribution in [0.1, 0.15) is 33.1 Å². The van der Waals surface area contributed by atoms with E-state index in [1.54, 1.807) is 0 Å². The van der Waals surface area contributed by atoms with Crippen molar-refractivity contribution in [2.75, 3.05) is 7.11 Å². The molecule has 13 heavy (non-hydrogen) atoms. The Balaban J connectivity index is 2.61. The summed E-state index contributed by atoms with van der Waals surface area (Å²) in [6.07, 6.45) is 3.65. The number of rotatable bonds is 3. The minimum atomic E-state index is -0.484. The van der Waals surface area contributed by atoms with Crippen LogP contribution in [0, 0.1) is 11.3 Å². The maximum atomic E-state index is 11.3. The first-order valence-corrected chi connectivity index (χ1v) is 4.83. The fraction of sp³-hybridized carbons (Fsp3) is 0.900. The van der Waals surface area contributed by atoms with Crippen molar-refractivity contribution in [3.05, 3.63) is 0 Å². The predicted molar refractivity (Wildman–Crippen MR) is 51.1 cm³/mol. The average Bonchev–Trinajstić information content (AvgIpc) is 1.97. The molecule has 0 saturated heterocycles. The molecule has 0 radical (unpaired) electrons. The van der Waals surface area contributed by atoms with E-state index in [4.69, 9.17) is 5.73 Å². The third-order valence-corrected chi connectivity index (χ3v) is 3.41. The molecule has 1 fully saturated rings. The number of hydrogen-bond acceptors (Lipinski definition) is 3. The predicted octanol–water partition coefficient (Wildman–Crippen LogP) is 1.31. The topological polar surface area (TPSA) is 52.3 Å². The minimum Gasteiger partial charge on any atom is -0.468 e. The maximum absolute atomic E-state index is 11.3. The van der Waals surface area contributed by atoms with Gasteiger partial charge in [-0.15, -0.1) is 0 Å². The summed E-state index contributed by atoms with van der Waals surface area (Å²) < 4.78 is 4.65. The molecular formula is C10H19NO2. The standard InChI is InChI=1S/C10H19NO2/c1-10(2,7-5-4-6-7)8(11)9(12)13-3/h7-8H,4-6,11H2,1-3H3. The van der Waals surface area contributed by atoms with Crippen LogP contribution >= 0.6 is 0 Å². The van der Waals surface area contributed by atoms with E-state index in [9.17, 15) is 4.79 Å². The Bertz CT molecular complexity index is 197. The molecule has 1 saturated carbocycles. The van der Waals surface area contributed by atoms with E-state index in [1.807, 2.05) is 0 Å². The molecule has 0 aromatic heterocycles. The van der Waals surface area contributed by atoms with E-state index in [-0.39, 0.29) is 11.4 Å². The molecule has 1 atom stereocenters. The molecule has 0 amide bonds. The monoisotopic (exact) mass is 185 g/mol. The van der Waals surface area contributed by atoms with E-state index in [0.717, 1.165) is 0 Å². The molecule has 2 N–H and O–H groups in total. The van der Waals surface area contributed by atoms with Gasteiger partial charge in [0, 0.05) is 0 Å². The Labute approximate surface area is 79.6 Å². The summed E-state index contributed by atoms with van der Waals surface area (Å²) in [5.74, 6) is 0.290. The Morgan fingerprint density at radius 2 is 2.08 bits per heavy atom. The van der Waals surface area contributed by atoms with Gasteiger partial charge in [-0.25, -0.2) is 0 Å². The van der Waals surface area contributed by atoms with Gasteiger partial charge in [0.05, 0.1) is 7.11 Å². The maximum Gasteiger partial charge on any atom is 0.323 e. The van der Waals surface area contributed by atoms with Crippen molar-refractivity contribution in [2.24, 2.45) is 17.1 Å². The lowest BCUT2D eigenvalue weighted by atomic mass is 9.64. The van der Waals surface area contributed by atoms with Crippen LogP contribution in [-0.4, -0.2) is 19.1 Å². The number of nitrogens with two attached hydrogens (primary N) is 1. The first-order valence-electron chi connectivity index (χ1n) is 4.83. The van der Waals surface area contributed by atoms with E-state index in [0.29, 0.717) is 5.92 Å². The number of methoxy groups -OCH3 is 1. The van der Waals surface area contributed by atoms with Gasteiger partial charge in [0.25, 0.3) is 0 Å². The normalized spacial score (nSPS) is 20.6. The summed E-state index contributed by atoms with van der Waals surface area (Å²) in [5, 5.41) is 0. The van der Waals surface area contributed by atoms with Gasteiger partial charge in [-0.1, -0.05) is 20.3 Å². The summed E-state index contributed by atoms with van der Waals surface area (Å²) >= 11 is 0. The molecule has 1 unspecified atom stereocenters. The zero-order chi connectivity index (χ0) is 10.1. The van der Waals surface area contributed by atoms with Crippen LogP contribution in [0.4, 0.5) is 0 Å². The van der Waals surface area contributed by atoms with Crippen molar-refractivity contribution >= 4 is 5.97 Å². The van der Waals surface area contributed by atoms with Crippen molar-refractivity contribution < 1.29 is 9.53 Å². The fourth-order valence-corrected chi connectivity index (χ4v) is 1.84. The zero-order valence-electron chi connectivity index (χ0n) is 8.67. The number of esters is 1. The van der Waals surface area contributed by atoms with E-state index < -0.39 is 6.04 Å². The van der Waals surface area contributed by atoms with Gasteiger partial charge in [0.15, 0.2) is 0 Å². The summed E-state index contributed by atoms with van der Waals surface area (Å²) in [4.78, 5) is 11.3. The van der Waals surface area contributed by atoms with Crippen LogP contribution in [0.15, 0.2) is 0 Å². The molecule has 0 spiro atoms. The number of carbonyl (C=O) groups is 1. The average molecular weight is 185 g/mol. The summed E-state index contributed by atoms with van der Waals surface area (Å²) in [6, 6.07) is -0.484. The van der Waals surface area contributed by atoms with Crippen LogP contribution < -0.4 is 5.73 Å². The third-order valence-electron chi connectivity index (χ3n) is 3.41. The zero-order valence-corrected chi connectivity index (χ0v) is 8.67. The molecule has 3 heteroatoms. The van der Waals surface area contributed by atoms with Crippen LogP contribution in [0.5, 0.6) is 0 Å². The van der Waals surface area contributed by atoms with E-state index in [1.165, 1.54) is 26.4 Å². The lowest BCUT2D eigenvalue weighted by Crippen LogP contribution is -2.50. The van der Waals surface area contributed by atoms with Crippen molar-refractivity contribution in [3.63, 3.8) is 0 Å². The second-order valence-electron chi connectivity index (χ2n) is 4.45. The SMILES string of the molecule is COC(=O)C(N)C(C)(C)C1CCC1. The Morgan fingerprint density at radius 1 is 1.54 bits per heavy atom. The van der Waals surface area contributed by atoms with Crippen molar-refractivity contribution in [1.29, 1.82) is 0 Å². The van der Waals surface area contributed by atoms with E-state index in [2.05, 4.69) is 18.6 Å². The Hall–Kier alpha value is -0.570. The van der Waals surface area contributed by atoms with Crippen LogP contribution in [0.2, 0.25) is 0 Å². The molecule has 76 valence electrons. The number of ether oxygens (including phenoxy) is 1. The van der Waals surface area contributed by atoms with Gasteiger partial charge in [-0.3, -0.25) is 4.79 Å². The first kappa shape index (κ1) is 10.5. The highest BCUT2D eigenvalue weighted by Gasteiger charge is 2.42. The minimum absolute atomic E-state index is 0.120. The summed E-state index contributed by atoms with van der Waals surface area (Å²) in [5.41, 5.74) is 5.72. The van der Waals surface area contributed by atoms with Crippen molar-refractivity contribution in [2.45, 2.75) is 39.2 Å². The summed E-state index contributed by atoms with van der Waals surface area (Å²) in [7, 11) is 1.39. The van der Waals surface area contributed by atoms with Crippen LogP contribution in [0.25, 0.3) is 0 Å². The molecule has 3 nitrogen and oxygen atoms in total. The van der Waals surface area contributed by atoms with Crippen molar-refractivity contribution in [3.8, 4) is 0 Å². The lowest BCUT2D eigenvalue weighted by molar-refractivity contribution is -0.146. The van der Waals surface area contributed by atoms with Crippen LogP contribution in [0.3, 0.4) is 0 Å². The lowest BCUT2D eigenvalue weighted by Gasteiger charge is -2.42.